The van der Waals surface area contributed by atoms with Gasteiger partial charge in [-0.1, -0.05) is 0 Å². The summed E-state index contributed by atoms with van der Waals surface area (Å²) in [6.07, 6.45) is 5.41. The first-order chi connectivity index (χ1) is 8.29. The highest BCUT2D eigenvalue weighted by Crippen LogP contribution is 2.23. The molecule has 0 amide bonds. The van der Waals surface area contributed by atoms with Gasteiger partial charge >= 0.3 is 0 Å². The van der Waals surface area contributed by atoms with Crippen molar-refractivity contribution in [1.82, 2.24) is 9.80 Å². The lowest BCUT2D eigenvalue weighted by molar-refractivity contribution is 0.0748. The van der Waals surface area contributed by atoms with Crippen LogP contribution in [0.3, 0.4) is 0 Å². The molecule has 0 aromatic carbocycles. The summed E-state index contributed by atoms with van der Waals surface area (Å²) in [7, 11) is 0. The van der Waals surface area contributed by atoms with Gasteiger partial charge in [0.05, 0.1) is 12.7 Å². The Morgan fingerprint density at radius 3 is 2.41 bits per heavy atom. The fourth-order valence-corrected chi connectivity index (χ4v) is 3.14. The van der Waals surface area contributed by atoms with E-state index < -0.39 is 0 Å². The van der Waals surface area contributed by atoms with Gasteiger partial charge in [0.25, 0.3) is 0 Å². The number of hydrogen-bond donors (Lipinski definition) is 2. The summed E-state index contributed by atoms with van der Waals surface area (Å²) in [6.45, 7) is 5.60. The Morgan fingerprint density at radius 1 is 0.941 bits per heavy atom. The van der Waals surface area contributed by atoms with Gasteiger partial charge in [-0.3, -0.25) is 9.80 Å². The fourth-order valence-electron chi connectivity index (χ4n) is 3.14. The molecular formula is C13H26N2O2. The second-order valence-electron chi connectivity index (χ2n) is 5.42. The monoisotopic (exact) mass is 242 g/mol. The van der Waals surface area contributed by atoms with Crippen LogP contribution in [0.15, 0.2) is 0 Å². The molecule has 2 aliphatic rings. The third-order valence-electron chi connectivity index (χ3n) is 4.22. The summed E-state index contributed by atoms with van der Waals surface area (Å²) in [5, 5.41) is 18.5. The molecule has 0 spiro atoms. The fraction of sp³-hybridized carbons (Fsp3) is 1.00. The molecule has 4 heteroatoms. The van der Waals surface area contributed by atoms with Crippen molar-refractivity contribution < 1.29 is 10.2 Å². The van der Waals surface area contributed by atoms with Crippen LogP contribution in [0, 0.1) is 0 Å². The lowest BCUT2D eigenvalue weighted by atomic mass is 9.92. The van der Waals surface area contributed by atoms with Crippen LogP contribution in [0.2, 0.25) is 0 Å². The van der Waals surface area contributed by atoms with Gasteiger partial charge in [0.1, 0.15) is 0 Å². The molecule has 1 aliphatic heterocycles. The molecule has 0 radical (unpaired) electrons. The first kappa shape index (κ1) is 13.3. The molecular weight excluding hydrogens is 216 g/mol. The minimum Gasteiger partial charge on any atom is -0.395 e. The van der Waals surface area contributed by atoms with Crippen molar-refractivity contribution in [2.45, 2.75) is 44.2 Å². The molecule has 2 rings (SSSR count). The highest BCUT2D eigenvalue weighted by atomic mass is 16.3. The van der Waals surface area contributed by atoms with Gasteiger partial charge in [0.2, 0.25) is 0 Å². The Balaban J connectivity index is 1.78. The Kier molecular flexibility index (Phi) is 5.22. The van der Waals surface area contributed by atoms with E-state index in [2.05, 4.69) is 9.80 Å². The smallest absolute Gasteiger partial charge is 0.0558 e. The molecule has 100 valence electrons. The molecule has 0 atom stereocenters. The van der Waals surface area contributed by atoms with Crippen LogP contribution in [0.5, 0.6) is 0 Å². The molecule has 2 N–H and O–H groups in total. The molecule has 2 fully saturated rings. The zero-order valence-corrected chi connectivity index (χ0v) is 10.7. The first-order valence-electron chi connectivity index (χ1n) is 7.05. The van der Waals surface area contributed by atoms with E-state index in [1.54, 1.807) is 0 Å². The lowest BCUT2D eigenvalue weighted by Gasteiger charge is -2.35. The maximum atomic E-state index is 9.54. The number of nitrogens with zero attached hydrogens (tertiary/aromatic N) is 2. The van der Waals surface area contributed by atoms with E-state index in [1.807, 2.05) is 0 Å². The zero-order valence-electron chi connectivity index (χ0n) is 10.7. The van der Waals surface area contributed by atoms with Crippen molar-refractivity contribution in [3.63, 3.8) is 0 Å². The number of β-amino-alcohol motifs (C(OH)–C–C–N with tert-alkyl or cyclic N) is 1. The number of aliphatic hydroxyl groups excluding tert-OH is 2. The largest absolute Gasteiger partial charge is 0.395 e. The summed E-state index contributed by atoms with van der Waals surface area (Å²) in [4.78, 5) is 4.96. The van der Waals surface area contributed by atoms with E-state index in [-0.39, 0.29) is 12.7 Å². The third-order valence-corrected chi connectivity index (χ3v) is 4.22. The topological polar surface area (TPSA) is 46.9 Å². The van der Waals surface area contributed by atoms with E-state index in [0.29, 0.717) is 6.04 Å². The average Bonchev–Trinajstić information content (AvgIpc) is 2.56. The van der Waals surface area contributed by atoms with Crippen molar-refractivity contribution in [3.8, 4) is 0 Å². The maximum absolute atomic E-state index is 9.54. The van der Waals surface area contributed by atoms with Crippen LogP contribution in [0.25, 0.3) is 0 Å². The molecule has 0 unspecified atom stereocenters. The molecule has 4 nitrogen and oxygen atoms in total. The van der Waals surface area contributed by atoms with Crippen LogP contribution >= 0.6 is 0 Å². The summed E-state index contributed by atoms with van der Waals surface area (Å²) in [5.74, 6) is 0. The maximum Gasteiger partial charge on any atom is 0.0558 e. The molecule has 17 heavy (non-hydrogen) atoms. The van der Waals surface area contributed by atoms with Gasteiger partial charge in [0.15, 0.2) is 0 Å². The highest BCUT2D eigenvalue weighted by molar-refractivity contribution is 4.81. The number of rotatable bonds is 3. The predicted molar refractivity (Wildman–Crippen MR) is 68.0 cm³/mol. The second-order valence-corrected chi connectivity index (χ2v) is 5.42. The van der Waals surface area contributed by atoms with Crippen molar-refractivity contribution in [3.05, 3.63) is 0 Å². The summed E-state index contributed by atoms with van der Waals surface area (Å²) >= 11 is 0. The van der Waals surface area contributed by atoms with Crippen LogP contribution in [-0.4, -0.2) is 71.5 Å². The minimum atomic E-state index is -0.0517. The molecule has 0 aromatic heterocycles. The normalized spacial score (nSPS) is 33.5. The number of hydrogen-bond acceptors (Lipinski definition) is 4. The van der Waals surface area contributed by atoms with E-state index in [4.69, 9.17) is 5.11 Å². The third kappa shape index (κ3) is 3.91. The standard InChI is InChI=1S/C13H26N2O2/c16-11-10-14-6-1-7-15(9-8-14)12-2-4-13(17)5-3-12/h12-13,16-17H,1-11H2. The van der Waals surface area contributed by atoms with Crippen molar-refractivity contribution in [2.24, 2.45) is 0 Å². The van der Waals surface area contributed by atoms with E-state index in [1.165, 1.54) is 13.0 Å². The van der Waals surface area contributed by atoms with Crippen LogP contribution in [-0.2, 0) is 0 Å². The van der Waals surface area contributed by atoms with Crippen LogP contribution in [0.4, 0.5) is 0 Å². The highest BCUT2D eigenvalue weighted by Gasteiger charge is 2.26. The van der Waals surface area contributed by atoms with Crippen molar-refractivity contribution in [1.29, 1.82) is 0 Å². The number of aliphatic hydroxyl groups is 2. The Hall–Kier alpha value is -0.160. The Bertz CT molecular complexity index is 217. The van der Waals surface area contributed by atoms with Gasteiger partial charge in [-0.25, -0.2) is 0 Å². The molecule has 0 aromatic rings. The zero-order chi connectivity index (χ0) is 12.1. The van der Waals surface area contributed by atoms with Gasteiger partial charge in [0, 0.05) is 25.7 Å². The van der Waals surface area contributed by atoms with E-state index in [9.17, 15) is 5.11 Å². The molecule has 0 bridgehead atoms. The predicted octanol–water partition coefficient (Wildman–Crippen LogP) is 0.290. The van der Waals surface area contributed by atoms with Crippen molar-refractivity contribution in [2.75, 3.05) is 39.3 Å². The van der Waals surface area contributed by atoms with E-state index in [0.717, 1.165) is 51.9 Å². The van der Waals surface area contributed by atoms with Gasteiger partial charge in [-0.05, 0) is 45.2 Å². The van der Waals surface area contributed by atoms with Gasteiger partial charge in [-0.15, -0.1) is 0 Å². The summed E-state index contributed by atoms with van der Waals surface area (Å²) < 4.78 is 0. The van der Waals surface area contributed by atoms with Crippen LogP contribution < -0.4 is 0 Å². The molecule has 1 heterocycles. The Labute approximate surface area is 104 Å². The van der Waals surface area contributed by atoms with Gasteiger partial charge < -0.3 is 10.2 Å². The Morgan fingerprint density at radius 2 is 1.71 bits per heavy atom. The van der Waals surface area contributed by atoms with Gasteiger partial charge in [-0.2, -0.15) is 0 Å². The average molecular weight is 242 g/mol. The summed E-state index contributed by atoms with van der Waals surface area (Å²) in [5.41, 5.74) is 0. The SMILES string of the molecule is OCCN1CCCN(C2CCC(O)CC2)CC1. The molecule has 1 saturated carbocycles. The summed E-state index contributed by atoms with van der Waals surface area (Å²) in [6, 6.07) is 0.687. The molecule has 1 saturated heterocycles. The first-order valence-corrected chi connectivity index (χ1v) is 7.05. The second kappa shape index (κ2) is 6.69. The minimum absolute atomic E-state index is 0.0517. The van der Waals surface area contributed by atoms with Crippen LogP contribution in [0.1, 0.15) is 32.1 Å². The quantitative estimate of drug-likeness (QED) is 0.747. The van der Waals surface area contributed by atoms with Crippen molar-refractivity contribution >= 4 is 0 Å². The molecule has 1 aliphatic carbocycles. The lowest BCUT2D eigenvalue weighted by Crippen LogP contribution is -2.41. The van der Waals surface area contributed by atoms with E-state index >= 15 is 0 Å².